The molecule has 3 nitrogen and oxygen atoms in total. The van der Waals surface area contributed by atoms with Gasteiger partial charge in [0.25, 0.3) is 0 Å². The molecule has 0 spiro atoms. The van der Waals surface area contributed by atoms with E-state index < -0.39 is 6.10 Å². The van der Waals surface area contributed by atoms with Crippen LogP contribution in [0.25, 0.3) is 0 Å². The molecule has 3 N–H and O–H groups in total. The van der Waals surface area contributed by atoms with Crippen molar-refractivity contribution in [2.24, 2.45) is 5.73 Å². The summed E-state index contributed by atoms with van der Waals surface area (Å²) in [5.74, 6) is 0.635. The van der Waals surface area contributed by atoms with Gasteiger partial charge in [0.15, 0.2) is 0 Å². The van der Waals surface area contributed by atoms with E-state index in [1.54, 1.807) is 0 Å². The lowest BCUT2D eigenvalue weighted by atomic mass is 9.88. The lowest BCUT2D eigenvalue weighted by Crippen LogP contribution is -2.29. The standard InChI is InChI=1S/C14H22N2O/c1-16-7-5-11(6-8-16)12-3-2-4-13(9-12)14(17)10-15/h2-4,9,11,14,17H,5-8,10,15H2,1H3. The molecule has 1 heterocycles. The van der Waals surface area contributed by atoms with Gasteiger partial charge < -0.3 is 15.7 Å². The first kappa shape index (κ1) is 12.6. The Morgan fingerprint density at radius 1 is 1.41 bits per heavy atom. The van der Waals surface area contributed by atoms with Crippen LogP contribution in [0.2, 0.25) is 0 Å². The van der Waals surface area contributed by atoms with Crippen LogP contribution < -0.4 is 5.73 Å². The molecular formula is C14H22N2O. The van der Waals surface area contributed by atoms with Crippen molar-refractivity contribution in [2.45, 2.75) is 24.9 Å². The van der Waals surface area contributed by atoms with E-state index in [4.69, 9.17) is 5.73 Å². The minimum absolute atomic E-state index is 0.289. The Labute approximate surface area is 103 Å². The monoisotopic (exact) mass is 234 g/mol. The molecule has 0 amide bonds. The van der Waals surface area contributed by atoms with Crippen molar-refractivity contribution in [3.8, 4) is 0 Å². The third kappa shape index (κ3) is 3.06. The van der Waals surface area contributed by atoms with Crippen molar-refractivity contribution in [1.29, 1.82) is 0 Å². The number of nitrogens with two attached hydrogens (primary N) is 1. The van der Waals surface area contributed by atoms with Crippen molar-refractivity contribution in [3.63, 3.8) is 0 Å². The van der Waals surface area contributed by atoms with Crippen LogP contribution in [0.1, 0.15) is 36.0 Å². The van der Waals surface area contributed by atoms with Gasteiger partial charge in [-0.25, -0.2) is 0 Å². The molecule has 0 saturated carbocycles. The van der Waals surface area contributed by atoms with Gasteiger partial charge in [-0.15, -0.1) is 0 Å². The Kier molecular flexibility index (Phi) is 4.15. The van der Waals surface area contributed by atoms with Crippen molar-refractivity contribution < 1.29 is 5.11 Å². The van der Waals surface area contributed by atoms with Crippen molar-refractivity contribution in [1.82, 2.24) is 4.90 Å². The van der Waals surface area contributed by atoms with Crippen molar-refractivity contribution in [3.05, 3.63) is 35.4 Å². The molecule has 1 aliphatic heterocycles. The second-order valence-corrected chi connectivity index (χ2v) is 5.00. The summed E-state index contributed by atoms with van der Waals surface area (Å²) in [4.78, 5) is 2.37. The number of aliphatic hydroxyl groups is 1. The maximum Gasteiger partial charge on any atom is 0.0912 e. The lowest BCUT2D eigenvalue weighted by Gasteiger charge is -2.29. The quantitative estimate of drug-likeness (QED) is 0.833. The van der Waals surface area contributed by atoms with E-state index in [0.29, 0.717) is 5.92 Å². The highest BCUT2D eigenvalue weighted by Crippen LogP contribution is 2.28. The first-order valence-electron chi connectivity index (χ1n) is 6.37. The van der Waals surface area contributed by atoms with E-state index in [1.165, 1.54) is 18.4 Å². The second kappa shape index (κ2) is 5.63. The maximum absolute atomic E-state index is 9.76. The Bertz CT molecular complexity index is 359. The molecule has 1 unspecified atom stereocenters. The van der Waals surface area contributed by atoms with Crippen LogP contribution in [-0.4, -0.2) is 36.7 Å². The Morgan fingerprint density at radius 3 is 2.76 bits per heavy atom. The molecule has 0 aromatic heterocycles. The van der Waals surface area contributed by atoms with E-state index in [2.05, 4.69) is 24.1 Å². The van der Waals surface area contributed by atoms with Gasteiger partial charge in [0, 0.05) is 6.54 Å². The van der Waals surface area contributed by atoms with Crippen LogP contribution in [-0.2, 0) is 0 Å². The number of rotatable bonds is 3. The van der Waals surface area contributed by atoms with Gasteiger partial charge >= 0.3 is 0 Å². The summed E-state index contributed by atoms with van der Waals surface area (Å²) < 4.78 is 0. The predicted octanol–water partition coefficient (Wildman–Crippen LogP) is 1.49. The molecule has 94 valence electrons. The largest absolute Gasteiger partial charge is 0.387 e. The zero-order valence-corrected chi connectivity index (χ0v) is 10.5. The van der Waals surface area contributed by atoms with E-state index in [0.717, 1.165) is 18.7 Å². The number of hydrogen-bond acceptors (Lipinski definition) is 3. The fourth-order valence-corrected chi connectivity index (χ4v) is 2.50. The minimum Gasteiger partial charge on any atom is -0.387 e. The Morgan fingerprint density at radius 2 is 2.12 bits per heavy atom. The molecule has 3 heteroatoms. The molecule has 2 rings (SSSR count). The SMILES string of the molecule is CN1CCC(c2cccc(C(O)CN)c2)CC1. The highest BCUT2D eigenvalue weighted by molar-refractivity contribution is 5.28. The molecule has 1 fully saturated rings. The highest BCUT2D eigenvalue weighted by atomic mass is 16.3. The number of likely N-dealkylation sites (tertiary alicyclic amines) is 1. The Balaban J connectivity index is 2.10. The summed E-state index contributed by atoms with van der Waals surface area (Å²) in [6, 6.07) is 8.27. The van der Waals surface area contributed by atoms with Gasteiger partial charge in [-0.3, -0.25) is 0 Å². The van der Waals surface area contributed by atoms with Crippen LogP contribution in [0.3, 0.4) is 0 Å². The summed E-state index contributed by atoms with van der Waals surface area (Å²) >= 11 is 0. The zero-order chi connectivity index (χ0) is 12.3. The third-order valence-electron chi connectivity index (χ3n) is 3.71. The molecule has 1 atom stereocenters. The van der Waals surface area contributed by atoms with Gasteiger partial charge in [0.1, 0.15) is 0 Å². The average Bonchev–Trinajstić information content (AvgIpc) is 2.39. The van der Waals surface area contributed by atoms with E-state index in [-0.39, 0.29) is 6.54 Å². The fourth-order valence-electron chi connectivity index (χ4n) is 2.50. The number of nitrogens with zero attached hydrogens (tertiary/aromatic N) is 1. The van der Waals surface area contributed by atoms with Gasteiger partial charge in [0.2, 0.25) is 0 Å². The molecule has 1 aromatic carbocycles. The van der Waals surface area contributed by atoms with Crippen LogP contribution in [0.4, 0.5) is 0 Å². The average molecular weight is 234 g/mol. The Hall–Kier alpha value is -0.900. The molecule has 17 heavy (non-hydrogen) atoms. The van der Waals surface area contributed by atoms with Crippen LogP contribution in [0.5, 0.6) is 0 Å². The third-order valence-corrected chi connectivity index (χ3v) is 3.71. The van der Waals surface area contributed by atoms with E-state index in [1.807, 2.05) is 12.1 Å². The minimum atomic E-state index is -0.527. The van der Waals surface area contributed by atoms with Crippen molar-refractivity contribution in [2.75, 3.05) is 26.7 Å². The van der Waals surface area contributed by atoms with E-state index in [9.17, 15) is 5.11 Å². The summed E-state index contributed by atoms with van der Waals surface area (Å²) in [5, 5.41) is 9.76. The summed E-state index contributed by atoms with van der Waals surface area (Å²) in [7, 11) is 2.17. The predicted molar refractivity (Wildman–Crippen MR) is 69.9 cm³/mol. The second-order valence-electron chi connectivity index (χ2n) is 5.00. The lowest BCUT2D eigenvalue weighted by molar-refractivity contribution is 0.186. The molecule has 1 aromatic rings. The first-order valence-corrected chi connectivity index (χ1v) is 6.37. The molecule has 1 saturated heterocycles. The van der Waals surface area contributed by atoms with E-state index >= 15 is 0 Å². The highest BCUT2D eigenvalue weighted by Gasteiger charge is 2.19. The number of aliphatic hydroxyl groups excluding tert-OH is 1. The fraction of sp³-hybridized carbons (Fsp3) is 0.571. The van der Waals surface area contributed by atoms with Crippen LogP contribution >= 0.6 is 0 Å². The normalized spacial score (nSPS) is 20.4. The summed E-state index contributed by atoms with van der Waals surface area (Å²) in [6.07, 6.45) is 1.89. The zero-order valence-electron chi connectivity index (χ0n) is 10.5. The topological polar surface area (TPSA) is 49.5 Å². The summed E-state index contributed by atoms with van der Waals surface area (Å²) in [6.45, 7) is 2.61. The molecule has 0 bridgehead atoms. The number of hydrogen-bond donors (Lipinski definition) is 2. The van der Waals surface area contributed by atoms with Gasteiger partial charge in [-0.2, -0.15) is 0 Å². The van der Waals surface area contributed by atoms with Crippen molar-refractivity contribution >= 4 is 0 Å². The van der Waals surface area contributed by atoms with Crippen LogP contribution in [0, 0.1) is 0 Å². The van der Waals surface area contributed by atoms with Crippen LogP contribution in [0.15, 0.2) is 24.3 Å². The molecule has 0 aliphatic carbocycles. The number of benzene rings is 1. The number of piperidine rings is 1. The first-order chi connectivity index (χ1) is 8.20. The smallest absolute Gasteiger partial charge is 0.0912 e. The van der Waals surface area contributed by atoms with Gasteiger partial charge in [-0.1, -0.05) is 24.3 Å². The van der Waals surface area contributed by atoms with Gasteiger partial charge in [0.05, 0.1) is 6.10 Å². The molecular weight excluding hydrogens is 212 g/mol. The molecule has 0 radical (unpaired) electrons. The van der Waals surface area contributed by atoms with Gasteiger partial charge in [-0.05, 0) is 50.0 Å². The maximum atomic E-state index is 9.76. The molecule has 1 aliphatic rings. The summed E-state index contributed by atoms with van der Waals surface area (Å²) in [5.41, 5.74) is 7.79.